The van der Waals surface area contributed by atoms with Crippen molar-refractivity contribution < 1.29 is 173 Å². The number of carbonyl (C=O) groups is 3. The molecule has 0 bridgehead atoms. The number of hydrogen-bond donors (Lipinski definition) is 19. The number of aliphatic hydroxyl groups excluding tert-OH is 18. The lowest BCUT2D eigenvalue weighted by Gasteiger charge is -2.71. The summed E-state index contributed by atoms with van der Waals surface area (Å²) in [5.74, 6) is -2.88. The van der Waals surface area contributed by atoms with Gasteiger partial charge >= 0.3 is 5.97 Å². The zero-order valence-corrected chi connectivity index (χ0v) is 68.5. The van der Waals surface area contributed by atoms with Crippen LogP contribution < -0.4 is 5.32 Å². The van der Waals surface area contributed by atoms with Gasteiger partial charge in [-0.15, -0.1) is 0 Å². The maximum Gasteiger partial charge on any atom is 0.317 e. The Bertz CT molecular complexity index is 3310. The molecule has 0 spiro atoms. The predicted octanol–water partition coefficient (Wildman–Crippen LogP) is -2.40. The van der Waals surface area contributed by atoms with E-state index in [0.29, 0.717) is 51.4 Å². The quantitative estimate of drug-likeness (QED) is 0.0128. The Morgan fingerprint density at radius 1 is 0.487 bits per heavy atom. The minimum atomic E-state index is -2.11. The van der Waals surface area contributed by atoms with Crippen molar-refractivity contribution in [3.05, 3.63) is 11.6 Å². The second-order valence-electron chi connectivity index (χ2n) is 37.3. The third-order valence-electron chi connectivity index (χ3n) is 29.4. The highest BCUT2D eigenvalue weighted by Gasteiger charge is 2.73. The first-order valence-electron chi connectivity index (χ1n) is 42.5. The van der Waals surface area contributed by atoms with Gasteiger partial charge in [0.2, 0.25) is 12.2 Å². The normalized spacial score (nSPS) is 50.6. The molecular formula is C81H133NO35. The number of aldehydes is 1. The average molecular weight is 1680 g/mol. The fourth-order valence-corrected chi connectivity index (χ4v) is 22.0. The van der Waals surface area contributed by atoms with Crippen LogP contribution >= 0.6 is 0 Å². The molecule has 19 N–H and O–H groups in total. The Morgan fingerprint density at radius 3 is 1.61 bits per heavy atom. The van der Waals surface area contributed by atoms with Crippen LogP contribution in [0.5, 0.6) is 0 Å². The van der Waals surface area contributed by atoms with Gasteiger partial charge in [0.15, 0.2) is 43.8 Å². The molecule has 117 heavy (non-hydrogen) atoms. The molecule has 12 rings (SSSR count). The Labute approximate surface area is 681 Å². The number of hydrogen-bond acceptors (Lipinski definition) is 35. The van der Waals surface area contributed by atoms with Gasteiger partial charge < -0.3 is 168 Å². The molecule has 42 atom stereocenters. The number of allylic oxidation sites excluding steroid dienone is 2. The number of nitrogens with one attached hydrogen (secondary N) is 1. The second-order valence-corrected chi connectivity index (χ2v) is 37.3. The molecule has 15 unspecified atom stereocenters. The summed E-state index contributed by atoms with van der Waals surface area (Å²) in [5, 5.41) is 204. The summed E-state index contributed by atoms with van der Waals surface area (Å²) in [6.45, 7) is 14.2. The lowest BCUT2D eigenvalue weighted by Crippen LogP contribution is -2.71. The van der Waals surface area contributed by atoms with E-state index in [-0.39, 0.29) is 31.6 Å². The van der Waals surface area contributed by atoms with Crippen LogP contribution in [0.15, 0.2) is 11.6 Å². The van der Waals surface area contributed by atoms with E-state index in [9.17, 15) is 102 Å². The molecule has 7 saturated heterocycles. The standard InChI is InChI=1S/C81H133NO35/c1-10-11-12-13-14-15-16-17-18-19-49(90)82-50-43(30-83)109-74(67(65(50)114-70-60(100)55(95)51(91)36(2)107-70)116-71-62(102)57(97)63(37(3)108-71)112-68-58(98)52(92)40(86)32-104-68)117-75(103)81-27-26-76(4,5)28-39(81)38-20-21-46-77(6)24-23-48(78(7,35-85)45(77)22-25-79(46,8)80(38,9)29-47(81)89)111-73-66(115-72-61(101)56(96)54(94)44(31-84)110-72)64(42(88)34-106-73)113-69-59(99)53(93)41(87)33-105-69/h20,35-37,39-48,50-74,83-84,86-89,91-102H,10-19,21-34H2,1-9H3,(H,82,90)/t36?,37?,39?,40-,41-,42-,43?,44?,45-,46?,47?,48+,50+,51+,52?,53+,54+,55+,56+,57?,58-,59?,60?,61?,62+,63+,64+,65?,66?,67-,68+,69+,70+,71+,72+,73+,74+,77?,78-,79+,80-,81-/m1/s1. The molecule has 0 aromatic rings. The molecule has 5 aliphatic carbocycles. The fraction of sp³-hybridized carbons (Fsp3) is 0.938. The Kier molecular flexibility index (Phi) is 30.1. The van der Waals surface area contributed by atoms with Crippen LogP contribution in [0.3, 0.4) is 0 Å². The van der Waals surface area contributed by atoms with E-state index in [2.05, 4.69) is 52.9 Å². The highest BCUT2D eigenvalue weighted by molar-refractivity contribution is 5.80. The lowest BCUT2D eigenvalue weighted by atomic mass is 9.33. The molecular weight excluding hydrogens is 1550 g/mol. The number of rotatable bonds is 28. The maximum absolute atomic E-state index is 16.5. The molecule has 672 valence electrons. The third kappa shape index (κ3) is 17.9. The monoisotopic (exact) mass is 1680 g/mol. The molecule has 7 heterocycles. The van der Waals surface area contributed by atoms with E-state index in [1.54, 1.807) is 6.92 Å². The molecule has 36 nitrogen and oxygen atoms in total. The smallest absolute Gasteiger partial charge is 0.317 e. The largest absolute Gasteiger partial charge is 0.432 e. The van der Waals surface area contributed by atoms with Crippen molar-refractivity contribution in [3.8, 4) is 0 Å². The minimum absolute atomic E-state index is 0.0120. The Morgan fingerprint density at radius 2 is 1.00 bits per heavy atom. The van der Waals surface area contributed by atoms with Crippen LogP contribution in [-0.4, -0.2) is 352 Å². The highest BCUT2D eigenvalue weighted by Crippen LogP contribution is 2.76. The van der Waals surface area contributed by atoms with Gasteiger partial charge in [-0.3, -0.25) is 9.59 Å². The van der Waals surface area contributed by atoms with Crippen LogP contribution in [0.1, 0.15) is 184 Å². The van der Waals surface area contributed by atoms with Crippen molar-refractivity contribution in [1.82, 2.24) is 5.32 Å². The van der Waals surface area contributed by atoms with Gasteiger partial charge in [-0.2, -0.15) is 0 Å². The number of ether oxygens (including phenoxy) is 14. The first-order chi connectivity index (χ1) is 55.3. The molecule has 12 aliphatic rings. The Balaban J connectivity index is 0.846. The summed E-state index contributed by atoms with van der Waals surface area (Å²) in [7, 11) is 0. The second kappa shape index (κ2) is 37.7. The molecule has 36 heteroatoms. The first kappa shape index (κ1) is 93.3. The van der Waals surface area contributed by atoms with Gasteiger partial charge in [0.25, 0.3) is 0 Å². The highest BCUT2D eigenvalue weighted by atomic mass is 16.8. The van der Waals surface area contributed by atoms with Gasteiger partial charge in [0.1, 0.15) is 140 Å². The van der Waals surface area contributed by atoms with Gasteiger partial charge in [-0.25, -0.2) is 0 Å². The molecule has 7 aliphatic heterocycles. The fourth-order valence-electron chi connectivity index (χ4n) is 22.0. The third-order valence-corrected chi connectivity index (χ3v) is 29.4. The van der Waals surface area contributed by atoms with Crippen LogP contribution in [-0.2, 0) is 80.7 Å². The van der Waals surface area contributed by atoms with Crippen molar-refractivity contribution >= 4 is 18.2 Å². The number of unbranched alkanes of at least 4 members (excludes halogenated alkanes) is 8. The van der Waals surface area contributed by atoms with E-state index in [1.807, 2.05) is 0 Å². The van der Waals surface area contributed by atoms with Crippen LogP contribution in [0, 0.1) is 50.2 Å². The zero-order chi connectivity index (χ0) is 85.1. The molecule has 11 fully saturated rings. The van der Waals surface area contributed by atoms with Crippen LogP contribution in [0.25, 0.3) is 0 Å². The molecule has 0 aromatic heterocycles. The van der Waals surface area contributed by atoms with Crippen LogP contribution in [0.4, 0.5) is 0 Å². The van der Waals surface area contributed by atoms with Crippen molar-refractivity contribution in [1.29, 1.82) is 0 Å². The van der Waals surface area contributed by atoms with E-state index in [4.69, 9.17) is 66.3 Å². The minimum Gasteiger partial charge on any atom is -0.432 e. The molecule has 4 saturated carbocycles. The maximum atomic E-state index is 16.5. The van der Waals surface area contributed by atoms with Gasteiger partial charge in [0.05, 0.1) is 68.9 Å². The number of aliphatic hydroxyl groups is 18. The van der Waals surface area contributed by atoms with Gasteiger partial charge in [-0.1, -0.05) is 111 Å². The topological polar surface area (TPSA) is 557 Å². The summed E-state index contributed by atoms with van der Waals surface area (Å²) in [6, 6.07) is -1.52. The SMILES string of the molecule is CCCCCCCCCCCC(=O)N[C@H]1C(CO)O[C@@H](OC(=O)[C@]23CCC(C)(C)CC2C2=CCC4C5(C)CC[C@H](O[C@@H]6OC[C@@H](O)[C@H](O[C@@H]7OC[C@@H](O)[C@H](O)C7O)C6O[C@@H]6OC(CO)[C@H](O)[C@H](O)C6O)[C@](C)(C=O)[C@@H]5CC[C@]4(C)[C@]2(C)CC3O)[C@H](O[C@@H]2OC(C)[C@H](O[C@@H]3OC[C@@H](O)C(O)[C@H]3O)C(O)[C@@H]2O)C1O[C@@H]1OC(C)[C@H](O)[C@H](O)C1O. The summed E-state index contributed by atoms with van der Waals surface area (Å²) in [6.07, 6.45) is -41.8. The number of carbonyl (C=O) groups excluding carboxylic acids is 3. The summed E-state index contributed by atoms with van der Waals surface area (Å²) in [5.41, 5.74) is -4.85. The van der Waals surface area contributed by atoms with Crippen molar-refractivity contribution in [3.63, 3.8) is 0 Å². The number of esters is 1. The van der Waals surface area contributed by atoms with Gasteiger partial charge in [0, 0.05) is 6.42 Å². The first-order valence-corrected chi connectivity index (χ1v) is 42.5. The summed E-state index contributed by atoms with van der Waals surface area (Å²) < 4.78 is 87.5. The van der Waals surface area contributed by atoms with E-state index in [0.717, 1.165) is 56.8 Å². The molecule has 0 radical (unpaired) electrons. The predicted molar refractivity (Wildman–Crippen MR) is 399 cm³/mol. The zero-order valence-electron chi connectivity index (χ0n) is 68.5. The number of amides is 1. The summed E-state index contributed by atoms with van der Waals surface area (Å²) >= 11 is 0. The van der Waals surface area contributed by atoms with E-state index in [1.165, 1.54) is 13.8 Å². The molecule has 0 aromatic carbocycles. The van der Waals surface area contributed by atoms with Crippen molar-refractivity contribution in [2.75, 3.05) is 33.0 Å². The van der Waals surface area contributed by atoms with Crippen molar-refractivity contribution in [2.45, 2.75) is 393 Å². The van der Waals surface area contributed by atoms with Gasteiger partial charge in [-0.05, 0) is 117 Å². The average Bonchev–Trinajstić information content (AvgIpc) is 0.669. The van der Waals surface area contributed by atoms with E-state index >= 15 is 4.79 Å². The lowest BCUT2D eigenvalue weighted by molar-refractivity contribution is -0.384. The molecule has 1 amide bonds. The van der Waals surface area contributed by atoms with E-state index < -0.39 is 298 Å². The Hall–Kier alpha value is -2.89. The van der Waals surface area contributed by atoms with Crippen molar-refractivity contribution in [2.24, 2.45) is 50.2 Å². The number of fused-ring (bicyclic) bond motifs is 7. The van der Waals surface area contributed by atoms with Crippen LogP contribution in [0.2, 0.25) is 0 Å². The summed E-state index contributed by atoms with van der Waals surface area (Å²) in [4.78, 5) is 45.3.